The maximum absolute atomic E-state index is 9.60. The van der Waals surface area contributed by atoms with Crippen LogP contribution in [0.15, 0.2) is 24.6 Å². The van der Waals surface area contributed by atoms with Gasteiger partial charge in [-0.2, -0.15) is 0 Å². The predicted octanol–water partition coefficient (Wildman–Crippen LogP) is 4.11. The summed E-state index contributed by atoms with van der Waals surface area (Å²) >= 11 is 0. The van der Waals surface area contributed by atoms with Gasteiger partial charge in [-0.15, -0.1) is 0 Å². The lowest BCUT2D eigenvalue weighted by molar-refractivity contribution is 0.0264. The smallest absolute Gasteiger partial charge is 0.125 e. The summed E-state index contributed by atoms with van der Waals surface area (Å²) in [6, 6.07) is 0. The van der Waals surface area contributed by atoms with E-state index in [4.69, 9.17) is 0 Å². The van der Waals surface area contributed by atoms with E-state index in [1.807, 2.05) is 17.3 Å². The Morgan fingerprint density at radius 2 is 1.85 bits per heavy atom. The van der Waals surface area contributed by atoms with Crippen molar-refractivity contribution in [3.63, 3.8) is 0 Å². The predicted molar refractivity (Wildman–Crippen MR) is 86.0 cm³/mol. The molecule has 2 atom stereocenters. The molecule has 0 fully saturated rings. The van der Waals surface area contributed by atoms with Gasteiger partial charge in [-0.3, -0.25) is 0 Å². The van der Waals surface area contributed by atoms with Crippen LogP contribution in [-0.4, -0.2) is 22.4 Å². The Hall–Kier alpha value is -0.960. The number of unbranched alkanes of at least 4 members (excludes halogenated alkanes) is 6. The highest BCUT2D eigenvalue weighted by molar-refractivity contribution is 4.95. The molecule has 0 saturated heterocycles. The van der Waals surface area contributed by atoms with Crippen LogP contribution in [0.3, 0.4) is 0 Å². The molecule has 1 aliphatic rings. The lowest BCUT2D eigenvalue weighted by Crippen LogP contribution is -2.40. The largest absolute Gasteiger partial charge is 0.374 e. The number of hydrogen-bond acceptors (Lipinski definition) is 3. The van der Waals surface area contributed by atoms with Gasteiger partial charge in [0.15, 0.2) is 0 Å². The molecule has 3 heteroatoms. The maximum atomic E-state index is 9.60. The summed E-state index contributed by atoms with van der Waals surface area (Å²) in [5.74, 6) is 0. The van der Waals surface area contributed by atoms with Crippen molar-refractivity contribution in [1.82, 2.24) is 10.2 Å². The quantitative estimate of drug-likeness (QED) is 0.441. The maximum Gasteiger partial charge on any atom is 0.125 e. The van der Waals surface area contributed by atoms with E-state index in [-0.39, 0.29) is 6.17 Å². The Morgan fingerprint density at radius 3 is 2.60 bits per heavy atom. The Kier molecular flexibility index (Phi) is 9.22. The SMILES string of the molecule is CCCCCCCC/C=C/CCC1NC=CN1C(C)O. The molecule has 2 unspecified atom stereocenters. The van der Waals surface area contributed by atoms with Gasteiger partial charge >= 0.3 is 0 Å². The molecule has 0 aromatic carbocycles. The Bertz CT molecular complexity index is 287. The van der Waals surface area contributed by atoms with E-state index >= 15 is 0 Å². The van der Waals surface area contributed by atoms with E-state index in [0.29, 0.717) is 0 Å². The van der Waals surface area contributed by atoms with Gasteiger partial charge in [0, 0.05) is 12.4 Å². The standard InChI is InChI=1S/C17H32N2O/c1-3-4-5-6-7-8-9-10-11-12-13-17-18-14-15-19(17)16(2)20/h10-11,14-18,20H,3-9,12-13H2,1-2H3/b11-10+. The van der Waals surface area contributed by atoms with E-state index in [1.165, 1.54) is 44.9 Å². The number of nitrogens with one attached hydrogen (secondary N) is 1. The summed E-state index contributed by atoms with van der Waals surface area (Å²) in [6.07, 6.45) is 19.8. The van der Waals surface area contributed by atoms with Crippen LogP contribution in [0.4, 0.5) is 0 Å². The zero-order valence-electron chi connectivity index (χ0n) is 13.2. The summed E-state index contributed by atoms with van der Waals surface area (Å²) in [6.45, 7) is 4.06. The average molecular weight is 280 g/mol. The van der Waals surface area contributed by atoms with Crippen LogP contribution in [0.1, 0.15) is 71.6 Å². The average Bonchev–Trinajstić information content (AvgIpc) is 2.89. The van der Waals surface area contributed by atoms with Crippen molar-refractivity contribution >= 4 is 0 Å². The number of hydrogen-bond donors (Lipinski definition) is 2. The lowest BCUT2D eigenvalue weighted by Gasteiger charge is -2.27. The van der Waals surface area contributed by atoms with E-state index in [1.54, 1.807) is 6.92 Å². The number of rotatable bonds is 11. The van der Waals surface area contributed by atoms with Crippen LogP contribution < -0.4 is 5.32 Å². The van der Waals surface area contributed by atoms with Gasteiger partial charge in [-0.05, 0) is 32.6 Å². The van der Waals surface area contributed by atoms with Gasteiger partial charge in [0.1, 0.15) is 12.4 Å². The second kappa shape index (κ2) is 10.8. The van der Waals surface area contributed by atoms with Crippen LogP contribution >= 0.6 is 0 Å². The third kappa shape index (κ3) is 6.99. The number of nitrogens with zero attached hydrogens (tertiary/aromatic N) is 1. The molecular formula is C17H32N2O. The summed E-state index contributed by atoms with van der Waals surface area (Å²) in [5.41, 5.74) is 0. The first-order chi connectivity index (χ1) is 9.75. The molecule has 1 heterocycles. The second-order valence-electron chi connectivity index (χ2n) is 5.68. The molecule has 0 aliphatic carbocycles. The minimum Gasteiger partial charge on any atom is -0.374 e. The van der Waals surface area contributed by atoms with Gasteiger partial charge in [0.05, 0.1) is 0 Å². The van der Waals surface area contributed by atoms with Crippen molar-refractivity contribution < 1.29 is 5.11 Å². The highest BCUT2D eigenvalue weighted by atomic mass is 16.3. The minimum absolute atomic E-state index is 0.244. The molecule has 0 bridgehead atoms. The normalized spacial score (nSPS) is 19.8. The van der Waals surface area contributed by atoms with E-state index in [0.717, 1.165) is 12.8 Å². The molecule has 0 aromatic heterocycles. The van der Waals surface area contributed by atoms with E-state index in [2.05, 4.69) is 24.4 Å². The Morgan fingerprint density at radius 1 is 1.15 bits per heavy atom. The molecule has 20 heavy (non-hydrogen) atoms. The monoisotopic (exact) mass is 280 g/mol. The summed E-state index contributed by atoms with van der Waals surface area (Å²) in [4.78, 5) is 1.96. The molecular weight excluding hydrogens is 248 g/mol. The zero-order valence-corrected chi connectivity index (χ0v) is 13.2. The molecule has 0 radical (unpaired) electrons. The third-order valence-corrected chi connectivity index (χ3v) is 3.82. The third-order valence-electron chi connectivity index (χ3n) is 3.82. The van der Waals surface area contributed by atoms with Crippen LogP contribution in [0, 0.1) is 0 Å². The lowest BCUT2D eigenvalue weighted by atomic mass is 10.1. The van der Waals surface area contributed by atoms with Crippen LogP contribution in [0.5, 0.6) is 0 Å². The summed E-state index contributed by atoms with van der Waals surface area (Å²) < 4.78 is 0. The molecule has 3 nitrogen and oxygen atoms in total. The van der Waals surface area contributed by atoms with Crippen molar-refractivity contribution in [3.8, 4) is 0 Å². The second-order valence-corrected chi connectivity index (χ2v) is 5.68. The molecule has 0 saturated carbocycles. The fourth-order valence-electron chi connectivity index (χ4n) is 2.58. The highest BCUT2D eigenvalue weighted by Gasteiger charge is 2.20. The number of allylic oxidation sites excluding steroid dienone is 2. The molecule has 2 N–H and O–H groups in total. The topological polar surface area (TPSA) is 35.5 Å². The molecule has 0 aromatic rings. The van der Waals surface area contributed by atoms with Crippen molar-refractivity contribution in [2.45, 2.75) is 84.0 Å². The number of aliphatic hydroxyl groups is 1. The van der Waals surface area contributed by atoms with E-state index < -0.39 is 6.23 Å². The Labute approximate surface area is 124 Å². The zero-order chi connectivity index (χ0) is 14.6. The van der Waals surface area contributed by atoms with Crippen LogP contribution in [-0.2, 0) is 0 Å². The van der Waals surface area contributed by atoms with Gasteiger partial charge in [-0.25, -0.2) is 0 Å². The van der Waals surface area contributed by atoms with Gasteiger partial charge in [0.2, 0.25) is 0 Å². The molecule has 116 valence electrons. The minimum atomic E-state index is -0.418. The van der Waals surface area contributed by atoms with Gasteiger partial charge < -0.3 is 15.3 Å². The summed E-state index contributed by atoms with van der Waals surface area (Å²) in [5, 5.41) is 12.9. The first kappa shape index (κ1) is 17.1. The van der Waals surface area contributed by atoms with Crippen molar-refractivity contribution in [2.75, 3.05) is 0 Å². The number of aliphatic hydroxyl groups excluding tert-OH is 1. The van der Waals surface area contributed by atoms with Crippen molar-refractivity contribution in [3.05, 3.63) is 24.6 Å². The van der Waals surface area contributed by atoms with Crippen LogP contribution in [0.25, 0.3) is 0 Å². The molecule has 0 spiro atoms. The molecule has 0 amide bonds. The fraction of sp³-hybridized carbons (Fsp3) is 0.765. The van der Waals surface area contributed by atoms with Gasteiger partial charge in [-0.1, -0.05) is 51.2 Å². The highest BCUT2D eigenvalue weighted by Crippen LogP contribution is 2.13. The molecule has 1 rings (SSSR count). The van der Waals surface area contributed by atoms with Crippen molar-refractivity contribution in [1.29, 1.82) is 0 Å². The first-order valence-corrected chi connectivity index (χ1v) is 8.29. The van der Waals surface area contributed by atoms with Crippen molar-refractivity contribution in [2.24, 2.45) is 0 Å². The summed E-state index contributed by atoms with van der Waals surface area (Å²) in [7, 11) is 0. The Balaban J connectivity index is 1.97. The van der Waals surface area contributed by atoms with Crippen LogP contribution in [0.2, 0.25) is 0 Å². The van der Waals surface area contributed by atoms with Gasteiger partial charge in [0.25, 0.3) is 0 Å². The van der Waals surface area contributed by atoms with E-state index in [9.17, 15) is 5.11 Å². The molecule has 1 aliphatic heterocycles. The fourth-order valence-corrected chi connectivity index (χ4v) is 2.58. The first-order valence-electron chi connectivity index (χ1n) is 8.29.